The third-order valence-corrected chi connectivity index (χ3v) is 6.69. The van der Waals surface area contributed by atoms with E-state index in [-0.39, 0.29) is 5.91 Å². The summed E-state index contributed by atoms with van der Waals surface area (Å²) >= 11 is 0. The maximum absolute atomic E-state index is 12.6. The highest BCUT2D eigenvalue weighted by Gasteiger charge is 2.38. The van der Waals surface area contributed by atoms with E-state index in [0.717, 1.165) is 35.2 Å². The first-order valence-corrected chi connectivity index (χ1v) is 12.9. The molecule has 36 heavy (non-hydrogen) atoms. The second kappa shape index (κ2) is 12.3. The third kappa shape index (κ3) is 5.58. The van der Waals surface area contributed by atoms with Gasteiger partial charge in [-0.25, -0.2) is 4.98 Å². The average molecular weight is 481 g/mol. The Kier molecular flexibility index (Phi) is 8.69. The number of benzene rings is 3. The molecule has 0 unspecified atom stereocenters. The zero-order chi connectivity index (χ0) is 25.2. The summed E-state index contributed by atoms with van der Waals surface area (Å²) in [5, 5.41) is 2.98. The number of amides is 1. The second-order valence-electron chi connectivity index (χ2n) is 9.24. The standard InChI is InChI=1S/C31H36N4O/c1-2-3-4-14-21-33-30(36)29(32)22-28-23-35(24-34-28)31(25-15-8-5-9-16-25,26-17-10-6-11-18-26)27-19-12-7-13-20-27/h5-13,15-20,23-24,29H,2-4,14,21-22,32H2,1H3,(H,33,36)/t29-/m0/s1. The van der Waals surface area contributed by atoms with E-state index in [0.29, 0.717) is 13.0 Å². The van der Waals surface area contributed by atoms with Crippen molar-refractivity contribution in [2.24, 2.45) is 5.73 Å². The van der Waals surface area contributed by atoms with E-state index in [1.165, 1.54) is 12.8 Å². The molecule has 0 spiro atoms. The zero-order valence-electron chi connectivity index (χ0n) is 21.0. The number of hydrogen-bond donors (Lipinski definition) is 2. The highest BCUT2D eigenvalue weighted by molar-refractivity contribution is 5.81. The molecule has 0 radical (unpaired) electrons. The lowest BCUT2D eigenvalue weighted by molar-refractivity contribution is -0.122. The van der Waals surface area contributed by atoms with Gasteiger partial charge in [0.05, 0.1) is 18.1 Å². The number of nitrogens with one attached hydrogen (secondary N) is 1. The van der Waals surface area contributed by atoms with Crippen molar-refractivity contribution in [1.29, 1.82) is 0 Å². The minimum Gasteiger partial charge on any atom is -0.355 e. The Balaban J connectivity index is 1.66. The molecule has 0 fully saturated rings. The summed E-state index contributed by atoms with van der Waals surface area (Å²) in [4.78, 5) is 17.3. The molecule has 1 atom stereocenters. The number of aromatic nitrogens is 2. The fraction of sp³-hybridized carbons (Fsp3) is 0.290. The van der Waals surface area contributed by atoms with E-state index in [1.54, 1.807) is 0 Å². The summed E-state index contributed by atoms with van der Waals surface area (Å²) in [6.07, 6.45) is 8.73. The van der Waals surface area contributed by atoms with Crippen molar-refractivity contribution in [3.8, 4) is 0 Å². The lowest BCUT2D eigenvalue weighted by Crippen LogP contribution is -2.42. The molecule has 0 aliphatic heterocycles. The van der Waals surface area contributed by atoms with Crippen molar-refractivity contribution >= 4 is 5.91 Å². The fourth-order valence-corrected chi connectivity index (χ4v) is 4.85. The van der Waals surface area contributed by atoms with Gasteiger partial charge in [0, 0.05) is 19.2 Å². The second-order valence-corrected chi connectivity index (χ2v) is 9.24. The average Bonchev–Trinajstić information content (AvgIpc) is 3.39. The van der Waals surface area contributed by atoms with Gasteiger partial charge in [-0.15, -0.1) is 0 Å². The summed E-state index contributed by atoms with van der Waals surface area (Å²) in [5.74, 6) is -0.124. The molecule has 0 aliphatic rings. The van der Waals surface area contributed by atoms with Crippen molar-refractivity contribution in [3.63, 3.8) is 0 Å². The molecule has 4 aromatic rings. The van der Waals surface area contributed by atoms with Gasteiger partial charge in [-0.1, -0.05) is 117 Å². The number of carbonyl (C=O) groups excluding carboxylic acids is 1. The molecule has 1 amide bonds. The van der Waals surface area contributed by atoms with Crippen LogP contribution in [0.15, 0.2) is 104 Å². The molecule has 0 saturated heterocycles. The van der Waals surface area contributed by atoms with Gasteiger partial charge in [0.15, 0.2) is 0 Å². The normalized spacial score (nSPS) is 12.3. The van der Waals surface area contributed by atoms with E-state index in [4.69, 9.17) is 10.7 Å². The lowest BCUT2D eigenvalue weighted by atomic mass is 9.77. The minimum absolute atomic E-state index is 0.124. The Bertz CT molecular complexity index is 1110. The van der Waals surface area contributed by atoms with Crippen LogP contribution in [-0.4, -0.2) is 28.0 Å². The van der Waals surface area contributed by atoms with Crippen LogP contribution in [-0.2, 0) is 16.8 Å². The van der Waals surface area contributed by atoms with E-state index in [9.17, 15) is 4.79 Å². The van der Waals surface area contributed by atoms with Gasteiger partial charge >= 0.3 is 0 Å². The van der Waals surface area contributed by atoms with E-state index in [2.05, 4.69) is 89.6 Å². The number of imidazole rings is 1. The molecule has 0 aliphatic carbocycles. The molecule has 4 rings (SSSR count). The van der Waals surface area contributed by atoms with Gasteiger partial charge in [-0.3, -0.25) is 4.79 Å². The zero-order valence-corrected chi connectivity index (χ0v) is 21.0. The van der Waals surface area contributed by atoms with Crippen molar-refractivity contribution in [2.75, 3.05) is 6.54 Å². The molecule has 1 heterocycles. The SMILES string of the molecule is CCCCCCNC(=O)[C@@H](N)Cc1cn(C(c2ccccc2)(c2ccccc2)c2ccccc2)cn1. The van der Waals surface area contributed by atoms with Crippen LogP contribution in [0.2, 0.25) is 0 Å². The quantitative estimate of drug-likeness (QED) is 0.214. The molecular weight excluding hydrogens is 444 g/mol. The van der Waals surface area contributed by atoms with Gasteiger partial charge in [0.1, 0.15) is 5.54 Å². The molecule has 5 nitrogen and oxygen atoms in total. The summed E-state index contributed by atoms with van der Waals surface area (Å²) in [6.45, 7) is 2.84. The summed E-state index contributed by atoms with van der Waals surface area (Å²) in [7, 11) is 0. The molecule has 0 saturated carbocycles. The summed E-state index contributed by atoms with van der Waals surface area (Å²) in [6, 6.07) is 30.7. The monoisotopic (exact) mass is 480 g/mol. The topological polar surface area (TPSA) is 72.9 Å². The molecule has 186 valence electrons. The maximum Gasteiger partial charge on any atom is 0.237 e. The van der Waals surface area contributed by atoms with Gasteiger partial charge in [-0.2, -0.15) is 0 Å². The number of carbonyl (C=O) groups is 1. The van der Waals surface area contributed by atoms with Crippen LogP contribution in [0, 0.1) is 0 Å². The number of rotatable bonds is 12. The van der Waals surface area contributed by atoms with Gasteiger partial charge < -0.3 is 15.6 Å². The van der Waals surface area contributed by atoms with Gasteiger partial charge in [-0.05, 0) is 23.1 Å². The van der Waals surface area contributed by atoms with Crippen LogP contribution >= 0.6 is 0 Å². The summed E-state index contributed by atoms with van der Waals surface area (Å²) < 4.78 is 2.15. The highest BCUT2D eigenvalue weighted by atomic mass is 16.2. The predicted octanol–water partition coefficient (Wildman–Crippen LogP) is 5.29. The number of nitrogens with zero attached hydrogens (tertiary/aromatic N) is 2. The van der Waals surface area contributed by atoms with Crippen LogP contribution < -0.4 is 11.1 Å². The molecule has 3 aromatic carbocycles. The Morgan fingerprint density at radius 3 is 1.89 bits per heavy atom. The van der Waals surface area contributed by atoms with Crippen LogP contribution in [0.4, 0.5) is 0 Å². The van der Waals surface area contributed by atoms with Gasteiger partial charge in [0.25, 0.3) is 0 Å². The van der Waals surface area contributed by atoms with Crippen molar-refractivity contribution < 1.29 is 4.79 Å². The molecule has 0 bridgehead atoms. The Morgan fingerprint density at radius 2 is 1.39 bits per heavy atom. The van der Waals surface area contributed by atoms with Crippen LogP contribution in [0.1, 0.15) is 55.0 Å². The number of nitrogens with two attached hydrogens (primary N) is 1. The van der Waals surface area contributed by atoms with Crippen molar-refractivity contribution in [3.05, 3.63) is 126 Å². The van der Waals surface area contributed by atoms with Crippen LogP contribution in [0.25, 0.3) is 0 Å². The number of unbranched alkanes of at least 4 members (excludes halogenated alkanes) is 3. The van der Waals surface area contributed by atoms with E-state index < -0.39 is 11.6 Å². The first kappa shape index (κ1) is 25.4. The van der Waals surface area contributed by atoms with Crippen molar-refractivity contribution in [1.82, 2.24) is 14.9 Å². The highest BCUT2D eigenvalue weighted by Crippen LogP contribution is 2.40. The lowest BCUT2D eigenvalue weighted by Gasteiger charge is -2.37. The van der Waals surface area contributed by atoms with E-state index in [1.807, 2.05) is 30.7 Å². The molecule has 1 aromatic heterocycles. The molecular formula is C31H36N4O. The van der Waals surface area contributed by atoms with E-state index >= 15 is 0 Å². The predicted molar refractivity (Wildman–Crippen MR) is 146 cm³/mol. The number of hydrogen-bond acceptors (Lipinski definition) is 3. The largest absolute Gasteiger partial charge is 0.355 e. The fourth-order valence-electron chi connectivity index (χ4n) is 4.85. The Morgan fingerprint density at radius 1 is 0.861 bits per heavy atom. The first-order valence-electron chi connectivity index (χ1n) is 12.9. The maximum atomic E-state index is 12.6. The molecule has 5 heteroatoms. The Hall–Kier alpha value is -3.70. The minimum atomic E-state index is -0.640. The third-order valence-electron chi connectivity index (χ3n) is 6.69. The summed E-state index contributed by atoms with van der Waals surface area (Å²) in [5.41, 5.74) is 9.82. The van der Waals surface area contributed by atoms with Crippen LogP contribution in [0.5, 0.6) is 0 Å². The van der Waals surface area contributed by atoms with Crippen LogP contribution in [0.3, 0.4) is 0 Å². The smallest absolute Gasteiger partial charge is 0.237 e. The first-order chi connectivity index (χ1) is 17.7. The molecule has 3 N–H and O–H groups in total. The van der Waals surface area contributed by atoms with Gasteiger partial charge in [0.2, 0.25) is 5.91 Å². The Labute approximate surface area is 214 Å². The van der Waals surface area contributed by atoms with Crippen molar-refractivity contribution in [2.45, 2.75) is 50.6 Å².